The van der Waals surface area contributed by atoms with Gasteiger partial charge in [-0.25, -0.2) is 9.97 Å². The van der Waals surface area contributed by atoms with Crippen molar-refractivity contribution in [2.45, 2.75) is 25.2 Å². The Kier molecular flexibility index (Phi) is 6.34. The topological polar surface area (TPSA) is 50.4 Å². The molecule has 38 heavy (non-hydrogen) atoms. The van der Waals surface area contributed by atoms with Crippen LogP contribution in [0.1, 0.15) is 33.6 Å². The SMILES string of the molecule is Oc1c(Cc2cc(C(F)(F)F)cc(C(F)(F)F)c2)nc2c(Cc3ccccc3)nc(-c3ccccc3)cn12. The van der Waals surface area contributed by atoms with Crippen molar-refractivity contribution in [3.8, 4) is 17.1 Å². The van der Waals surface area contributed by atoms with Gasteiger partial charge in [0.2, 0.25) is 5.88 Å². The van der Waals surface area contributed by atoms with E-state index in [0.29, 0.717) is 29.9 Å². The molecule has 5 aromatic rings. The second-order valence-electron chi connectivity index (χ2n) is 8.77. The second kappa shape index (κ2) is 9.51. The smallest absolute Gasteiger partial charge is 0.416 e. The molecule has 0 fully saturated rings. The Labute approximate surface area is 212 Å². The molecule has 0 aliphatic carbocycles. The lowest BCUT2D eigenvalue weighted by atomic mass is 10.0. The van der Waals surface area contributed by atoms with E-state index in [1.165, 1.54) is 10.6 Å². The maximum absolute atomic E-state index is 13.3. The van der Waals surface area contributed by atoms with Crippen molar-refractivity contribution in [2.75, 3.05) is 0 Å². The first-order valence-corrected chi connectivity index (χ1v) is 11.5. The number of hydrogen-bond acceptors (Lipinski definition) is 3. The molecule has 0 aliphatic rings. The third-order valence-electron chi connectivity index (χ3n) is 6.02. The molecule has 4 nitrogen and oxygen atoms in total. The van der Waals surface area contributed by atoms with E-state index in [0.717, 1.165) is 11.1 Å². The van der Waals surface area contributed by atoms with Crippen molar-refractivity contribution in [1.29, 1.82) is 0 Å². The van der Waals surface area contributed by atoms with Crippen LogP contribution in [0.2, 0.25) is 0 Å². The Balaban J connectivity index is 1.64. The van der Waals surface area contributed by atoms with Crippen LogP contribution in [0, 0.1) is 0 Å². The van der Waals surface area contributed by atoms with Crippen LogP contribution in [0.5, 0.6) is 5.88 Å². The zero-order chi connectivity index (χ0) is 27.1. The van der Waals surface area contributed by atoms with Gasteiger partial charge >= 0.3 is 12.4 Å². The molecule has 5 rings (SSSR count). The van der Waals surface area contributed by atoms with Crippen LogP contribution in [-0.4, -0.2) is 19.5 Å². The van der Waals surface area contributed by atoms with Gasteiger partial charge < -0.3 is 5.11 Å². The van der Waals surface area contributed by atoms with Crippen molar-refractivity contribution in [3.05, 3.63) is 119 Å². The number of rotatable bonds is 5. The van der Waals surface area contributed by atoms with Crippen LogP contribution in [0.3, 0.4) is 0 Å². The van der Waals surface area contributed by atoms with E-state index in [4.69, 9.17) is 4.98 Å². The highest BCUT2D eigenvalue weighted by Gasteiger charge is 2.37. The minimum atomic E-state index is -4.98. The molecule has 0 atom stereocenters. The Morgan fingerprint density at radius 1 is 0.658 bits per heavy atom. The number of aromatic nitrogens is 3. The molecular weight excluding hydrogens is 508 g/mol. The van der Waals surface area contributed by atoms with Gasteiger partial charge in [0.15, 0.2) is 5.65 Å². The van der Waals surface area contributed by atoms with E-state index < -0.39 is 29.9 Å². The standard InChI is InChI=1S/C28H19F6N3O/c29-27(30,31)20-11-18(12-21(15-20)28(32,33)34)14-23-26(38)37-16-24(19-9-5-2-6-10-19)35-22(25(37)36-23)13-17-7-3-1-4-8-17/h1-12,15-16,38H,13-14H2. The summed E-state index contributed by atoms with van der Waals surface area (Å²) in [5, 5.41) is 11.0. The van der Waals surface area contributed by atoms with Crippen molar-refractivity contribution in [1.82, 2.24) is 14.4 Å². The number of imidazole rings is 1. The van der Waals surface area contributed by atoms with Crippen LogP contribution in [0.4, 0.5) is 26.3 Å². The van der Waals surface area contributed by atoms with Crippen molar-refractivity contribution in [2.24, 2.45) is 0 Å². The average molecular weight is 527 g/mol. The normalized spacial score (nSPS) is 12.3. The molecule has 194 valence electrons. The fourth-order valence-electron chi connectivity index (χ4n) is 4.23. The fourth-order valence-corrected chi connectivity index (χ4v) is 4.23. The minimum Gasteiger partial charge on any atom is -0.493 e. The molecule has 1 N–H and O–H groups in total. The maximum atomic E-state index is 13.3. The zero-order valence-electron chi connectivity index (χ0n) is 19.6. The quantitative estimate of drug-likeness (QED) is 0.244. The van der Waals surface area contributed by atoms with Gasteiger partial charge in [-0.3, -0.25) is 4.40 Å². The molecule has 2 aromatic heterocycles. The summed E-state index contributed by atoms with van der Waals surface area (Å²) >= 11 is 0. The first kappa shape index (κ1) is 25.3. The summed E-state index contributed by atoms with van der Waals surface area (Å²) in [6, 6.07) is 19.8. The van der Waals surface area contributed by atoms with Gasteiger partial charge in [-0.15, -0.1) is 0 Å². The third-order valence-corrected chi connectivity index (χ3v) is 6.02. The fraction of sp³-hybridized carbons (Fsp3) is 0.143. The molecule has 2 heterocycles. The van der Waals surface area contributed by atoms with Crippen LogP contribution in [0.15, 0.2) is 85.1 Å². The number of benzene rings is 3. The molecule has 0 amide bonds. The lowest BCUT2D eigenvalue weighted by molar-refractivity contribution is -0.143. The van der Waals surface area contributed by atoms with E-state index in [2.05, 4.69) is 4.98 Å². The molecule has 0 radical (unpaired) electrons. The Bertz CT molecular complexity index is 1560. The van der Waals surface area contributed by atoms with Crippen molar-refractivity contribution in [3.63, 3.8) is 0 Å². The van der Waals surface area contributed by atoms with Gasteiger partial charge in [0, 0.05) is 24.6 Å². The van der Waals surface area contributed by atoms with Gasteiger partial charge in [-0.1, -0.05) is 60.7 Å². The Hall–Kier alpha value is -4.34. The predicted molar refractivity (Wildman–Crippen MR) is 129 cm³/mol. The lowest BCUT2D eigenvalue weighted by Gasteiger charge is -2.14. The summed E-state index contributed by atoms with van der Waals surface area (Å²) in [7, 11) is 0. The van der Waals surface area contributed by atoms with E-state index >= 15 is 0 Å². The molecule has 0 spiro atoms. The monoisotopic (exact) mass is 527 g/mol. The molecule has 0 saturated carbocycles. The number of alkyl halides is 6. The van der Waals surface area contributed by atoms with E-state index in [1.807, 2.05) is 60.7 Å². The number of fused-ring (bicyclic) bond motifs is 1. The zero-order valence-corrected chi connectivity index (χ0v) is 19.6. The Morgan fingerprint density at radius 3 is 1.79 bits per heavy atom. The first-order chi connectivity index (χ1) is 18.0. The summed E-state index contributed by atoms with van der Waals surface area (Å²) in [5.41, 5.74) is -0.294. The molecule has 0 aliphatic heterocycles. The number of hydrogen-bond donors (Lipinski definition) is 1. The van der Waals surface area contributed by atoms with Crippen LogP contribution >= 0.6 is 0 Å². The van der Waals surface area contributed by atoms with E-state index in [9.17, 15) is 31.4 Å². The third kappa shape index (κ3) is 5.20. The summed E-state index contributed by atoms with van der Waals surface area (Å²) in [6.45, 7) is 0. The maximum Gasteiger partial charge on any atom is 0.416 e. The first-order valence-electron chi connectivity index (χ1n) is 11.5. The number of halogens is 6. The molecule has 10 heteroatoms. The highest BCUT2D eigenvalue weighted by molar-refractivity contribution is 5.63. The van der Waals surface area contributed by atoms with Crippen LogP contribution < -0.4 is 0 Å². The summed E-state index contributed by atoms with van der Waals surface area (Å²) in [6.07, 6.45) is -8.53. The van der Waals surface area contributed by atoms with Crippen molar-refractivity contribution < 1.29 is 31.4 Å². The van der Waals surface area contributed by atoms with E-state index in [-0.39, 0.29) is 28.9 Å². The lowest BCUT2D eigenvalue weighted by Crippen LogP contribution is -2.12. The van der Waals surface area contributed by atoms with Crippen LogP contribution in [-0.2, 0) is 25.2 Å². The molecule has 0 unspecified atom stereocenters. The highest BCUT2D eigenvalue weighted by Crippen LogP contribution is 2.37. The van der Waals surface area contributed by atoms with Gasteiger partial charge in [0.1, 0.15) is 5.69 Å². The summed E-state index contributed by atoms with van der Waals surface area (Å²) in [5.74, 6) is -0.389. The van der Waals surface area contributed by atoms with E-state index in [1.54, 1.807) is 0 Å². The van der Waals surface area contributed by atoms with Gasteiger partial charge in [-0.2, -0.15) is 26.3 Å². The largest absolute Gasteiger partial charge is 0.493 e. The number of nitrogens with zero attached hydrogens (tertiary/aromatic N) is 3. The van der Waals surface area contributed by atoms with Crippen molar-refractivity contribution >= 4 is 5.65 Å². The number of aromatic hydroxyl groups is 1. The van der Waals surface area contributed by atoms with Crippen LogP contribution in [0.25, 0.3) is 16.9 Å². The summed E-state index contributed by atoms with van der Waals surface area (Å²) in [4.78, 5) is 9.14. The average Bonchev–Trinajstić information content (AvgIpc) is 3.19. The van der Waals surface area contributed by atoms with Gasteiger partial charge in [0.05, 0.1) is 22.5 Å². The molecule has 0 saturated heterocycles. The van der Waals surface area contributed by atoms with Gasteiger partial charge in [0.25, 0.3) is 0 Å². The Morgan fingerprint density at radius 2 is 1.21 bits per heavy atom. The molecular formula is C28H19F6N3O. The molecule has 0 bridgehead atoms. The van der Waals surface area contributed by atoms with Gasteiger partial charge in [-0.05, 0) is 29.3 Å². The molecule has 3 aromatic carbocycles. The minimum absolute atomic E-state index is 0.0705. The summed E-state index contributed by atoms with van der Waals surface area (Å²) < 4.78 is 81.4. The highest BCUT2D eigenvalue weighted by atomic mass is 19.4. The predicted octanol–water partition coefficient (Wildman–Crippen LogP) is 7.32. The second-order valence-corrected chi connectivity index (χ2v) is 8.77.